The quantitative estimate of drug-likeness (QED) is 0.811. The van der Waals surface area contributed by atoms with Gasteiger partial charge in [0.05, 0.1) is 23.9 Å². The number of rotatable bonds is 3. The van der Waals surface area contributed by atoms with Gasteiger partial charge in [-0.2, -0.15) is 0 Å². The van der Waals surface area contributed by atoms with E-state index in [1.54, 1.807) is 18.6 Å². The van der Waals surface area contributed by atoms with Crippen molar-refractivity contribution in [1.29, 1.82) is 0 Å². The summed E-state index contributed by atoms with van der Waals surface area (Å²) in [6.45, 7) is 2.64. The van der Waals surface area contributed by atoms with Gasteiger partial charge in [-0.05, 0) is 25.1 Å². The number of anilines is 1. The summed E-state index contributed by atoms with van der Waals surface area (Å²) in [4.78, 5) is 4.15. The first-order valence-corrected chi connectivity index (χ1v) is 5.01. The lowest BCUT2D eigenvalue weighted by atomic mass is 10.3. The molecule has 0 bridgehead atoms. The standard InChI is InChI=1S/C11H11ClN2O/c1-8-10(2-3-11(12)14-8)13-6-9-4-5-15-7-9/h2-5,7,13H,6H2,1H3. The number of aryl methyl sites for hydroxylation is 1. The minimum Gasteiger partial charge on any atom is -0.472 e. The molecule has 0 spiro atoms. The average Bonchev–Trinajstić information content (AvgIpc) is 2.69. The van der Waals surface area contributed by atoms with Crippen LogP contribution in [0.5, 0.6) is 0 Å². The molecule has 78 valence electrons. The van der Waals surface area contributed by atoms with E-state index in [4.69, 9.17) is 16.0 Å². The second kappa shape index (κ2) is 4.36. The highest BCUT2D eigenvalue weighted by Crippen LogP contribution is 2.16. The molecule has 0 aromatic carbocycles. The van der Waals surface area contributed by atoms with E-state index in [2.05, 4.69) is 10.3 Å². The van der Waals surface area contributed by atoms with E-state index in [-0.39, 0.29) is 0 Å². The predicted molar refractivity (Wildman–Crippen MR) is 60.0 cm³/mol. The van der Waals surface area contributed by atoms with E-state index in [1.807, 2.05) is 19.1 Å². The van der Waals surface area contributed by atoms with Crippen LogP contribution in [-0.4, -0.2) is 4.98 Å². The van der Waals surface area contributed by atoms with Crippen molar-refractivity contribution in [1.82, 2.24) is 4.98 Å². The molecular weight excluding hydrogens is 212 g/mol. The van der Waals surface area contributed by atoms with Crippen LogP contribution in [0.3, 0.4) is 0 Å². The molecule has 0 aliphatic carbocycles. The van der Waals surface area contributed by atoms with Crippen molar-refractivity contribution in [2.45, 2.75) is 13.5 Å². The maximum atomic E-state index is 5.76. The zero-order valence-corrected chi connectivity index (χ0v) is 9.08. The van der Waals surface area contributed by atoms with E-state index >= 15 is 0 Å². The SMILES string of the molecule is Cc1nc(Cl)ccc1NCc1ccoc1. The van der Waals surface area contributed by atoms with Crippen molar-refractivity contribution in [3.8, 4) is 0 Å². The molecule has 15 heavy (non-hydrogen) atoms. The monoisotopic (exact) mass is 222 g/mol. The second-order valence-corrected chi connectivity index (χ2v) is 3.64. The average molecular weight is 223 g/mol. The van der Waals surface area contributed by atoms with Crippen LogP contribution in [0.15, 0.2) is 35.1 Å². The molecule has 1 N–H and O–H groups in total. The summed E-state index contributed by atoms with van der Waals surface area (Å²) in [5.41, 5.74) is 2.98. The number of nitrogens with one attached hydrogen (secondary N) is 1. The highest BCUT2D eigenvalue weighted by Gasteiger charge is 2.00. The number of halogens is 1. The predicted octanol–water partition coefficient (Wildman–Crippen LogP) is 3.25. The minimum absolute atomic E-state index is 0.515. The van der Waals surface area contributed by atoms with Crippen molar-refractivity contribution in [3.05, 3.63) is 47.1 Å². The van der Waals surface area contributed by atoms with Crippen LogP contribution < -0.4 is 5.32 Å². The summed E-state index contributed by atoms with van der Waals surface area (Å²) < 4.78 is 4.98. The van der Waals surface area contributed by atoms with Crippen LogP contribution in [0, 0.1) is 6.92 Å². The molecule has 0 radical (unpaired) electrons. The summed E-state index contributed by atoms with van der Waals surface area (Å²) in [5.74, 6) is 0. The van der Waals surface area contributed by atoms with Gasteiger partial charge in [0, 0.05) is 12.1 Å². The van der Waals surface area contributed by atoms with Crippen molar-refractivity contribution in [3.63, 3.8) is 0 Å². The Morgan fingerprint density at radius 2 is 2.27 bits per heavy atom. The molecule has 0 aliphatic rings. The van der Waals surface area contributed by atoms with E-state index in [0.29, 0.717) is 5.15 Å². The lowest BCUT2D eigenvalue weighted by Gasteiger charge is -2.07. The van der Waals surface area contributed by atoms with Gasteiger partial charge in [-0.25, -0.2) is 4.98 Å². The smallest absolute Gasteiger partial charge is 0.129 e. The van der Waals surface area contributed by atoms with Gasteiger partial charge in [0.1, 0.15) is 5.15 Å². The van der Waals surface area contributed by atoms with Gasteiger partial charge < -0.3 is 9.73 Å². The fourth-order valence-electron chi connectivity index (χ4n) is 1.31. The second-order valence-electron chi connectivity index (χ2n) is 3.25. The molecule has 0 atom stereocenters. The Bertz CT molecular complexity index is 440. The van der Waals surface area contributed by atoms with Crippen LogP contribution in [0.2, 0.25) is 5.15 Å². The third-order valence-electron chi connectivity index (χ3n) is 2.11. The summed E-state index contributed by atoms with van der Waals surface area (Å²) in [6.07, 6.45) is 3.37. The first kappa shape index (κ1) is 10.1. The molecule has 2 rings (SSSR count). The van der Waals surface area contributed by atoms with Crippen molar-refractivity contribution < 1.29 is 4.42 Å². The molecule has 0 unspecified atom stereocenters. The lowest BCUT2D eigenvalue weighted by molar-refractivity contribution is 0.564. The van der Waals surface area contributed by atoms with Gasteiger partial charge in [0.2, 0.25) is 0 Å². The van der Waals surface area contributed by atoms with Crippen LogP contribution in [0.25, 0.3) is 0 Å². The van der Waals surface area contributed by atoms with E-state index in [9.17, 15) is 0 Å². The molecule has 2 heterocycles. The Morgan fingerprint density at radius 3 is 2.93 bits per heavy atom. The number of nitrogens with zero attached hydrogens (tertiary/aromatic N) is 1. The molecule has 3 nitrogen and oxygen atoms in total. The Labute approximate surface area is 93.1 Å². The summed E-state index contributed by atoms with van der Waals surface area (Å²) >= 11 is 5.76. The minimum atomic E-state index is 0.515. The third-order valence-corrected chi connectivity index (χ3v) is 2.33. The highest BCUT2D eigenvalue weighted by atomic mass is 35.5. The fraction of sp³-hybridized carbons (Fsp3) is 0.182. The Hall–Kier alpha value is -1.48. The Morgan fingerprint density at radius 1 is 1.40 bits per heavy atom. The summed E-state index contributed by atoms with van der Waals surface area (Å²) in [5, 5.41) is 3.78. The van der Waals surface area contributed by atoms with Gasteiger partial charge in [0.15, 0.2) is 0 Å². The summed E-state index contributed by atoms with van der Waals surface area (Å²) in [7, 11) is 0. The van der Waals surface area contributed by atoms with E-state index in [1.165, 1.54) is 0 Å². The third kappa shape index (κ3) is 2.50. The van der Waals surface area contributed by atoms with Gasteiger partial charge in [0.25, 0.3) is 0 Å². The first-order valence-electron chi connectivity index (χ1n) is 4.64. The molecule has 0 aliphatic heterocycles. The van der Waals surface area contributed by atoms with Gasteiger partial charge in [-0.3, -0.25) is 0 Å². The number of pyridine rings is 1. The topological polar surface area (TPSA) is 38.1 Å². The normalized spacial score (nSPS) is 10.3. The maximum Gasteiger partial charge on any atom is 0.129 e. The zero-order chi connectivity index (χ0) is 10.7. The molecule has 0 saturated carbocycles. The van der Waals surface area contributed by atoms with Crippen LogP contribution in [0.4, 0.5) is 5.69 Å². The van der Waals surface area contributed by atoms with E-state index < -0.39 is 0 Å². The van der Waals surface area contributed by atoms with Gasteiger partial charge >= 0.3 is 0 Å². The molecular formula is C11H11ClN2O. The molecule has 0 saturated heterocycles. The molecule has 0 amide bonds. The molecule has 2 aromatic heterocycles. The van der Waals surface area contributed by atoms with E-state index in [0.717, 1.165) is 23.5 Å². The van der Waals surface area contributed by atoms with Gasteiger partial charge in [-0.1, -0.05) is 11.6 Å². The Kier molecular flexibility index (Phi) is 2.92. The number of furan rings is 1. The maximum absolute atomic E-state index is 5.76. The number of hydrogen-bond donors (Lipinski definition) is 1. The lowest BCUT2D eigenvalue weighted by Crippen LogP contribution is -2.01. The van der Waals surface area contributed by atoms with Crippen molar-refractivity contribution in [2.75, 3.05) is 5.32 Å². The number of aromatic nitrogens is 1. The zero-order valence-electron chi connectivity index (χ0n) is 8.33. The van der Waals surface area contributed by atoms with Crippen LogP contribution in [0.1, 0.15) is 11.3 Å². The molecule has 0 fully saturated rings. The van der Waals surface area contributed by atoms with Crippen LogP contribution in [-0.2, 0) is 6.54 Å². The Balaban J connectivity index is 2.05. The number of hydrogen-bond acceptors (Lipinski definition) is 3. The highest BCUT2D eigenvalue weighted by molar-refractivity contribution is 6.29. The first-order chi connectivity index (χ1) is 7.25. The fourth-order valence-corrected chi connectivity index (χ4v) is 1.50. The summed E-state index contributed by atoms with van der Waals surface area (Å²) in [6, 6.07) is 5.61. The largest absolute Gasteiger partial charge is 0.472 e. The van der Waals surface area contributed by atoms with Crippen molar-refractivity contribution in [2.24, 2.45) is 0 Å². The molecule has 4 heteroatoms. The van der Waals surface area contributed by atoms with Crippen LogP contribution >= 0.6 is 11.6 Å². The van der Waals surface area contributed by atoms with Crippen molar-refractivity contribution >= 4 is 17.3 Å². The molecule has 2 aromatic rings. The van der Waals surface area contributed by atoms with Gasteiger partial charge in [-0.15, -0.1) is 0 Å².